The Morgan fingerprint density at radius 3 is 2.00 bits per heavy atom. The second-order valence-electron chi connectivity index (χ2n) is 4.22. The molecule has 0 atom stereocenters. The van der Waals surface area contributed by atoms with Gasteiger partial charge in [0.05, 0.1) is 0 Å². The van der Waals surface area contributed by atoms with Crippen LogP contribution in [0.5, 0.6) is 0 Å². The summed E-state index contributed by atoms with van der Waals surface area (Å²) in [5, 5.41) is 3.25. The molecule has 0 radical (unpaired) electrons. The molecule has 0 spiro atoms. The van der Waals surface area contributed by atoms with Gasteiger partial charge in [0.1, 0.15) is 0 Å². The molecule has 1 aliphatic rings. The first kappa shape index (κ1) is 28.0. The van der Waals surface area contributed by atoms with Crippen LogP contribution in [0.3, 0.4) is 0 Å². The second kappa shape index (κ2) is 22.2. The van der Waals surface area contributed by atoms with Gasteiger partial charge in [-0.05, 0) is 18.9 Å². The van der Waals surface area contributed by atoms with Crippen molar-refractivity contribution in [3.05, 3.63) is 53.4 Å². The summed E-state index contributed by atoms with van der Waals surface area (Å²) in [6.07, 6.45) is 5.72. The Balaban J connectivity index is -0.000000343. The molecule has 23 heavy (non-hydrogen) atoms. The van der Waals surface area contributed by atoms with Crippen molar-refractivity contribution in [1.82, 2.24) is 4.90 Å². The molecule has 0 saturated heterocycles. The summed E-state index contributed by atoms with van der Waals surface area (Å²) in [6.45, 7) is 12.8. The fourth-order valence-electron chi connectivity index (χ4n) is 1.68. The van der Waals surface area contributed by atoms with E-state index in [4.69, 9.17) is 0 Å². The summed E-state index contributed by atoms with van der Waals surface area (Å²) >= 11 is 0. The maximum absolute atomic E-state index is 9.65. The fourth-order valence-corrected chi connectivity index (χ4v) is 1.68. The Hall–Kier alpha value is 0.195. The average Bonchev–Trinajstić information content (AvgIpc) is 2.61. The van der Waals surface area contributed by atoms with Crippen LogP contribution in [0.2, 0.25) is 0 Å². The predicted octanol–water partition coefficient (Wildman–Crippen LogP) is 2.04. The Bertz CT molecular complexity index is 380. The number of benzene rings is 1. The van der Waals surface area contributed by atoms with E-state index in [1.54, 1.807) is 0 Å². The average molecular weight is 391 g/mol. The minimum absolute atomic E-state index is 0. The first-order valence-corrected chi connectivity index (χ1v) is 8.24. The maximum Gasteiger partial charge on any atom is 1.00 e. The van der Waals surface area contributed by atoms with E-state index in [0.29, 0.717) is 0 Å². The zero-order chi connectivity index (χ0) is 17.2. The van der Waals surface area contributed by atoms with Crippen molar-refractivity contribution in [3.8, 4) is 0 Å². The molecule has 1 heterocycles. The molecular formula is C19H33N2ORb. The molecule has 1 aromatic rings. The van der Waals surface area contributed by atoms with Crippen molar-refractivity contribution in [2.24, 2.45) is 0 Å². The van der Waals surface area contributed by atoms with Gasteiger partial charge >= 0.3 is 58.2 Å². The third-order valence-electron chi connectivity index (χ3n) is 2.71. The molecule has 0 saturated carbocycles. The van der Waals surface area contributed by atoms with Crippen molar-refractivity contribution >= 4 is 5.91 Å². The van der Waals surface area contributed by atoms with E-state index in [1.165, 1.54) is 32.5 Å². The van der Waals surface area contributed by atoms with E-state index in [1.807, 2.05) is 27.7 Å². The molecule has 0 fully saturated rings. The molecule has 1 amide bonds. The molecule has 0 aliphatic carbocycles. The van der Waals surface area contributed by atoms with Crippen molar-refractivity contribution in [2.75, 3.05) is 20.1 Å². The molecule has 0 N–H and O–H groups in total. The Morgan fingerprint density at radius 2 is 1.61 bits per heavy atom. The van der Waals surface area contributed by atoms with Gasteiger partial charge in [-0.2, -0.15) is 0 Å². The zero-order valence-corrected chi connectivity index (χ0v) is 21.1. The van der Waals surface area contributed by atoms with Crippen molar-refractivity contribution < 1.29 is 63.0 Å². The Labute approximate surface area is 192 Å². The summed E-state index contributed by atoms with van der Waals surface area (Å²) < 4.78 is 0. The molecule has 126 valence electrons. The van der Waals surface area contributed by atoms with Crippen LogP contribution in [0.1, 0.15) is 46.6 Å². The van der Waals surface area contributed by atoms with Crippen molar-refractivity contribution in [3.63, 3.8) is 0 Å². The SMILES string of the molecule is C1=CCN(Cc2ccccc2)CC1.CC.CC.C[N-]C(C)=O.[Rb+]. The van der Waals surface area contributed by atoms with Gasteiger partial charge in [-0.25, -0.2) is 0 Å². The number of rotatable bonds is 2. The van der Waals surface area contributed by atoms with Crippen LogP contribution in [0.4, 0.5) is 0 Å². The number of hydrogen-bond donors (Lipinski definition) is 0. The third kappa shape index (κ3) is 18.4. The van der Waals surface area contributed by atoms with Crippen molar-refractivity contribution in [1.29, 1.82) is 0 Å². The largest absolute Gasteiger partial charge is 1.00 e. The Kier molecular flexibility index (Phi) is 27.0. The molecule has 0 unspecified atom stereocenters. The monoisotopic (exact) mass is 390 g/mol. The zero-order valence-electron chi connectivity index (χ0n) is 16.2. The van der Waals surface area contributed by atoms with E-state index < -0.39 is 0 Å². The van der Waals surface area contributed by atoms with Crippen LogP contribution < -0.4 is 58.2 Å². The molecule has 0 bridgehead atoms. The number of nitrogens with zero attached hydrogens (tertiary/aromatic N) is 2. The predicted molar refractivity (Wildman–Crippen MR) is 98.1 cm³/mol. The van der Waals surface area contributed by atoms with Gasteiger partial charge in [-0.15, -0.1) is 7.05 Å². The second-order valence-corrected chi connectivity index (χ2v) is 4.22. The van der Waals surface area contributed by atoms with Gasteiger partial charge in [-0.3, -0.25) is 4.90 Å². The summed E-state index contributed by atoms with van der Waals surface area (Å²) in [7, 11) is 1.47. The first-order chi connectivity index (χ1) is 10.7. The van der Waals surface area contributed by atoms with Crippen LogP contribution >= 0.6 is 0 Å². The number of carbonyl (C=O) groups is 1. The van der Waals surface area contributed by atoms with E-state index in [2.05, 4.69) is 52.7 Å². The minimum atomic E-state index is -0.120. The fraction of sp³-hybridized carbons (Fsp3) is 0.526. The van der Waals surface area contributed by atoms with E-state index in [-0.39, 0.29) is 64.1 Å². The maximum atomic E-state index is 9.65. The summed E-state index contributed by atoms with van der Waals surface area (Å²) in [5.41, 5.74) is 1.41. The summed E-state index contributed by atoms with van der Waals surface area (Å²) in [4.78, 5) is 12.1. The molecule has 4 heteroatoms. The van der Waals surface area contributed by atoms with Gasteiger partial charge in [0.2, 0.25) is 0 Å². The van der Waals surface area contributed by atoms with E-state index in [0.717, 1.165) is 13.1 Å². The van der Waals surface area contributed by atoms with Crippen LogP contribution in [-0.4, -0.2) is 30.9 Å². The van der Waals surface area contributed by atoms with Crippen LogP contribution in [-0.2, 0) is 11.3 Å². The molecular weight excluding hydrogens is 358 g/mol. The smallest absolute Gasteiger partial charge is 0.656 e. The standard InChI is InChI=1S/C12H15N.C3H7NO.2C2H6.Rb/c1-3-7-12(8-4-1)11-13-9-5-2-6-10-13;1-3(5)4-2;2*1-2;/h1-5,7-8H,6,9-11H2;1-2H3,(H,4,5);2*1-2H3;/q;;;;+1/p-1. The third-order valence-corrected chi connectivity index (χ3v) is 2.71. The van der Waals surface area contributed by atoms with Gasteiger partial charge < -0.3 is 10.1 Å². The first-order valence-electron chi connectivity index (χ1n) is 8.24. The molecule has 3 nitrogen and oxygen atoms in total. The van der Waals surface area contributed by atoms with Gasteiger partial charge in [-0.1, -0.05) is 70.2 Å². The summed E-state index contributed by atoms with van der Waals surface area (Å²) in [5.74, 6) is -0.120. The molecule has 2 rings (SSSR count). The number of carbonyl (C=O) groups excluding carboxylic acids is 1. The topological polar surface area (TPSA) is 34.4 Å². The van der Waals surface area contributed by atoms with Gasteiger partial charge in [0.15, 0.2) is 0 Å². The van der Waals surface area contributed by atoms with Crippen LogP contribution in [0.25, 0.3) is 5.32 Å². The van der Waals surface area contributed by atoms with Crippen molar-refractivity contribution in [2.45, 2.75) is 47.6 Å². The molecule has 0 aromatic heterocycles. The molecule has 1 aliphatic heterocycles. The van der Waals surface area contributed by atoms with E-state index in [9.17, 15) is 4.79 Å². The van der Waals surface area contributed by atoms with Crippen LogP contribution in [0.15, 0.2) is 42.5 Å². The summed E-state index contributed by atoms with van der Waals surface area (Å²) in [6, 6.07) is 10.7. The quantitative estimate of drug-likeness (QED) is 0.724. The molecule has 1 aromatic carbocycles. The number of amides is 1. The van der Waals surface area contributed by atoms with Crippen LogP contribution in [0, 0.1) is 0 Å². The number of hydrogen-bond acceptors (Lipinski definition) is 2. The normalized spacial score (nSPS) is 11.9. The minimum Gasteiger partial charge on any atom is -0.656 e. The van der Waals surface area contributed by atoms with Gasteiger partial charge in [0, 0.05) is 25.5 Å². The van der Waals surface area contributed by atoms with E-state index >= 15 is 0 Å². The van der Waals surface area contributed by atoms with Gasteiger partial charge in [0.25, 0.3) is 0 Å². The Morgan fingerprint density at radius 1 is 1.09 bits per heavy atom.